The van der Waals surface area contributed by atoms with Crippen LogP contribution in [0.4, 0.5) is 0 Å². The van der Waals surface area contributed by atoms with E-state index in [2.05, 4.69) is 10.0 Å². The lowest BCUT2D eigenvalue weighted by molar-refractivity contribution is -0.126. The Hall–Kier alpha value is -1.00. The molecule has 0 spiro atoms. The summed E-state index contributed by atoms with van der Waals surface area (Å²) >= 11 is 1.47. The van der Waals surface area contributed by atoms with Crippen molar-refractivity contribution in [3.05, 3.63) is 22.4 Å². The maximum atomic E-state index is 12.4. The zero-order chi connectivity index (χ0) is 16.3. The molecule has 1 amide bonds. The first-order valence-electron chi connectivity index (χ1n) is 6.93. The van der Waals surface area contributed by atoms with E-state index in [9.17, 15) is 13.2 Å². The molecule has 0 bridgehead atoms. The van der Waals surface area contributed by atoms with Gasteiger partial charge in [-0.05, 0) is 24.8 Å². The monoisotopic (exact) mass is 347 g/mol. The minimum atomic E-state index is -3.68. The summed E-state index contributed by atoms with van der Waals surface area (Å²) in [5.74, 6) is -0.307. The maximum absolute atomic E-state index is 12.4. The second-order valence-electron chi connectivity index (χ2n) is 5.32. The van der Waals surface area contributed by atoms with Gasteiger partial charge in [-0.1, -0.05) is 6.07 Å². The van der Waals surface area contributed by atoms with E-state index in [1.807, 2.05) is 24.4 Å². The van der Waals surface area contributed by atoms with Gasteiger partial charge in [0.1, 0.15) is 6.04 Å². The fourth-order valence-corrected chi connectivity index (χ4v) is 4.55. The lowest BCUT2D eigenvalue weighted by Crippen LogP contribution is -2.58. The van der Waals surface area contributed by atoms with Gasteiger partial charge in [-0.2, -0.15) is 17.4 Å². The van der Waals surface area contributed by atoms with Crippen molar-refractivity contribution < 1.29 is 17.9 Å². The zero-order valence-electron chi connectivity index (χ0n) is 12.8. The number of ether oxygens (including phenoxy) is 1. The SMILES string of the molecule is COCC(C)NC(=O)[C@H]1C[C@@H](c2cccs2)NS(=O)(=O)N1C. The number of amides is 1. The van der Waals surface area contributed by atoms with Gasteiger partial charge < -0.3 is 10.1 Å². The minimum absolute atomic E-state index is 0.177. The molecule has 3 atom stereocenters. The molecule has 1 unspecified atom stereocenters. The van der Waals surface area contributed by atoms with Crippen molar-refractivity contribution in [3.63, 3.8) is 0 Å². The molecule has 2 rings (SSSR count). The molecule has 22 heavy (non-hydrogen) atoms. The summed E-state index contributed by atoms with van der Waals surface area (Å²) in [6.45, 7) is 2.19. The van der Waals surface area contributed by atoms with Gasteiger partial charge in [0.2, 0.25) is 5.91 Å². The number of carbonyl (C=O) groups excluding carboxylic acids is 1. The Balaban J connectivity index is 2.16. The second kappa shape index (κ2) is 7.05. The molecule has 2 heterocycles. The highest BCUT2D eigenvalue weighted by Gasteiger charge is 2.41. The highest BCUT2D eigenvalue weighted by molar-refractivity contribution is 7.87. The standard InChI is InChI=1S/C13H21N3O4S2/c1-9(8-20-3)14-13(17)11-7-10(12-5-4-6-21-12)15-22(18,19)16(11)2/h4-6,9-11,15H,7-8H2,1-3H3,(H,14,17)/t9?,10-,11+/m0/s1. The van der Waals surface area contributed by atoms with E-state index in [1.165, 1.54) is 18.4 Å². The van der Waals surface area contributed by atoms with Crippen LogP contribution >= 0.6 is 11.3 Å². The Morgan fingerprint density at radius 1 is 1.64 bits per heavy atom. The molecule has 1 saturated heterocycles. The summed E-state index contributed by atoms with van der Waals surface area (Å²) < 4.78 is 33.1. The Kier molecular flexibility index (Phi) is 5.56. The van der Waals surface area contributed by atoms with Crippen LogP contribution in [-0.2, 0) is 19.7 Å². The van der Waals surface area contributed by atoms with Crippen molar-refractivity contribution in [1.29, 1.82) is 0 Å². The summed E-state index contributed by atoms with van der Waals surface area (Å²) in [5, 5.41) is 4.68. The molecule has 1 aromatic rings. The summed E-state index contributed by atoms with van der Waals surface area (Å²) in [4.78, 5) is 13.3. The van der Waals surface area contributed by atoms with Gasteiger partial charge in [0.15, 0.2) is 0 Å². The van der Waals surface area contributed by atoms with Crippen molar-refractivity contribution in [2.24, 2.45) is 0 Å². The van der Waals surface area contributed by atoms with Crippen molar-refractivity contribution in [2.75, 3.05) is 20.8 Å². The Morgan fingerprint density at radius 2 is 2.36 bits per heavy atom. The Labute approximate surface area is 134 Å². The van der Waals surface area contributed by atoms with Gasteiger partial charge >= 0.3 is 0 Å². The summed E-state index contributed by atoms with van der Waals surface area (Å²) in [5.41, 5.74) is 0. The van der Waals surface area contributed by atoms with Gasteiger partial charge in [0.25, 0.3) is 10.2 Å². The molecular weight excluding hydrogens is 326 g/mol. The van der Waals surface area contributed by atoms with Gasteiger partial charge in [-0.25, -0.2) is 0 Å². The molecule has 0 saturated carbocycles. The maximum Gasteiger partial charge on any atom is 0.280 e. The summed E-state index contributed by atoms with van der Waals surface area (Å²) in [6.07, 6.45) is 0.391. The highest BCUT2D eigenvalue weighted by atomic mass is 32.2. The number of rotatable bonds is 5. The Morgan fingerprint density at radius 3 is 2.95 bits per heavy atom. The topological polar surface area (TPSA) is 87.7 Å². The predicted molar refractivity (Wildman–Crippen MR) is 84.8 cm³/mol. The number of carbonyl (C=O) groups is 1. The van der Waals surface area contributed by atoms with Crippen LogP contribution in [0.15, 0.2) is 17.5 Å². The normalized spacial score (nSPS) is 26.5. The van der Waals surface area contributed by atoms with Crippen molar-refractivity contribution in [3.8, 4) is 0 Å². The van der Waals surface area contributed by atoms with E-state index in [0.29, 0.717) is 13.0 Å². The molecule has 124 valence electrons. The van der Waals surface area contributed by atoms with Crippen LogP contribution < -0.4 is 10.0 Å². The third kappa shape index (κ3) is 3.85. The highest BCUT2D eigenvalue weighted by Crippen LogP contribution is 2.30. The molecule has 9 heteroatoms. The first kappa shape index (κ1) is 17.4. The van der Waals surface area contributed by atoms with Gasteiger partial charge in [-0.3, -0.25) is 4.79 Å². The number of likely N-dealkylation sites (N-methyl/N-ethyl adjacent to an activating group) is 1. The average Bonchev–Trinajstić information content (AvgIpc) is 2.95. The van der Waals surface area contributed by atoms with Crippen LogP contribution in [0.5, 0.6) is 0 Å². The zero-order valence-corrected chi connectivity index (χ0v) is 14.4. The third-order valence-electron chi connectivity index (χ3n) is 3.56. The van der Waals surface area contributed by atoms with Crippen LogP contribution in [0.1, 0.15) is 24.3 Å². The van der Waals surface area contributed by atoms with E-state index in [-0.39, 0.29) is 18.0 Å². The second-order valence-corrected chi connectivity index (χ2v) is 8.06. The van der Waals surface area contributed by atoms with E-state index in [4.69, 9.17) is 4.74 Å². The van der Waals surface area contributed by atoms with Crippen molar-refractivity contribution >= 4 is 27.5 Å². The molecule has 0 aromatic carbocycles. The van der Waals surface area contributed by atoms with E-state index < -0.39 is 16.3 Å². The van der Waals surface area contributed by atoms with Crippen molar-refractivity contribution in [2.45, 2.75) is 31.5 Å². The summed E-state index contributed by atoms with van der Waals surface area (Å²) in [6, 6.07) is 2.43. The largest absolute Gasteiger partial charge is 0.383 e. The first-order valence-corrected chi connectivity index (χ1v) is 9.25. The van der Waals surface area contributed by atoms with E-state index in [1.54, 1.807) is 7.11 Å². The molecule has 0 aliphatic carbocycles. The third-order valence-corrected chi connectivity index (χ3v) is 6.14. The number of hydrogen-bond donors (Lipinski definition) is 2. The molecule has 7 nitrogen and oxygen atoms in total. The van der Waals surface area contributed by atoms with Crippen LogP contribution in [0, 0.1) is 0 Å². The van der Waals surface area contributed by atoms with Gasteiger partial charge in [0, 0.05) is 25.1 Å². The van der Waals surface area contributed by atoms with Gasteiger partial charge in [0.05, 0.1) is 12.6 Å². The average molecular weight is 347 g/mol. The molecule has 2 N–H and O–H groups in total. The number of nitrogens with one attached hydrogen (secondary N) is 2. The predicted octanol–water partition coefficient (Wildman–Crippen LogP) is 0.479. The molecular formula is C13H21N3O4S2. The van der Waals surface area contributed by atoms with Crippen LogP contribution in [0.3, 0.4) is 0 Å². The minimum Gasteiger partial charge on any atom is -0.383 e. The van der Waals surface area contributed by atoms with E-state index >= 15 is 0 Å². The molecule has 1 fully saturated rings. The van der Waals surface area contributed by atoms with Gasteiger partial charge in [-0.15, -0.1) is 11.3 Å². The fraction of sp³-hybridized carbons (Fsp3) is 0.615. The quantitative estimate of drug-likeness (QED) is 0.811. The number of hydrogen-bond acceptors (Lipinski definition) is 5. The first-order chi connectivity index (χ1) is 10.3. The lowest BCUT2D eigenvalue weighted by Gasteiger charge is -2.36. The Bertz CT molecular complexity index is 603. The lowest BCUT2D eigenvalue weighted by atomic mass is 10.1. The molecule has 1 aliphatic heterocycles. The molecule has 0 radical (unpaired) electrons. The molecule has 1 aromatic heterocycles. The number of thiophene rings is 1. The fourth-order valence-electron chi connectivity index (χ4n) is 2.42. The summed E-state index contributed by atoms with van der Waals surface area (Å²) in [7, 11) is -0.714. The van der Waals surface area contributed by atoms with Crippen LogP contribution in [-0.4, -0.2) is 51.5 Å². The number of nitrogens with zero attached hydrogens (tertiary/aromatic N) is 1. The van der Waals surface area contributed by atoms with E-state index in [0.717, 1.165) is 9.18 Å². The number of methoxy groups -OCH3 is 1. The molecule has 1 aliphatic rings. The van der Waals surface area contributed by atoms with Crippen LogP contribution in [0.2, 0.25) is 0 Å². The van der Waals surface area contributed by atoms with Crippen molar-refractivity contribution in [1.82, 2.24) is 14.3 Å². The van der Waals surface area contributed by atoms with Crippen LogP contribution in [0.25, 0.3) is 0 Å². The smallest absolute Gasteiger partial charge is 0.280 e.